The van der Waals surface area contributed by atoms with Crippen LogP contribution in [0.1, 0.15) is 48.7 Å². The minimum atomic E-state index is -0.0974. The first-order valence-electron chi connectivity index (χ1n) is 10.4. The third-order valence-corrected chi connectivity index (χ3v) is 6.62. The molecule has 0 aromatic carbocycles. The van der Waals surface area contributed by atoms with Crippen LogP contribution in [0.4, 0.5) is 4.79 Å². The van der Waals surface area contributed by atoms with Gasteiger partial charge in [0.25, 0.3) is 5.91 Å². The molecular formula is C20H31N5O3. The molecule has 1 aromatic heterocycles. The van der Waals surface area contributed by atoms with Gasteiger partial charge >= 0.3 is 6.03 Å². The predicted octanol–water partition coefficient (Wildman–Crippen LogP) is 1.73. The average molecular weight is 390 g/mol. The van der Waals surface area contributed by atoms with Gasteiger partial charge in [-0.25, -0.2) is 4.79 Å². The number of aryl methyl sites for hydroxylation is 2. The van der Waals surface area contributed by atoms with Crippen molar-refractivity contribution in [2.24, 2.45) is 0 Å². The largest absolute Gasteiger partial charge is 0.381 e. The second-order valence-electron chi connectivity index (χ2n) is 8.35. The second-order valence-corrected chi connectivity index (χ2v) is 8.35. The molecule has 3 amide bonds. The van der Waals surface area contributed by atoms with E-state index in [1.807, 2.05) is 41.6 Å². The van der Waals surface area contributed by atoms with Crippen molar-refractivity contribution in [2.45, 2.75) is 57.7 Å². The zero-order valence-corrected chi connectivity index (χ0v) is 17.2. The first kappa shape index (κ1) is 19.2. The van der Waals surface area contributed by atoms with Gasteiger partial charge in [0.2, 0.25) is 0 Å². The van der Waals surface area contributed by atoms with E-state index in [-0.39, 0.29) is 23.5 Å². The summed E-state index contributed by atoms with van der Waals surface area (Å²) in [6.07, 6.45) is 5.30. The molecule has 0 saturated carbocycles. The lowest BCUT2D eigenvalue weighted by molar-refractivity contribution is -0.0151. The van der Waals surface area contributed by atoms with Crippen molar-refractivity contribution in [1.82, 2.24) is 24.5 Å². The maximum absolute atomic E-state index is 13.0. The molecule has 0 aliphatic carbocycles. The van der Waals surface area contributed by atoms with Crippen molar-refractivity contribution in [1.29, 1.82) is 0 Å². The second kappa shape index (κ2) is 7.39. The highest BCUT2D eigenvalue weighted by atomic mass is 16.5. The lowest BCUT2D eigenvalue weighted by Crippen LogP contribution is -2.57. The molecular weight excluding hydrogens is 358 g/mol. The normalized spacial score (nSPS) is 23.1. The van der Waals surface area contributed by atoms with Crippen molar-refractivity contribution in [3.8, 4) is 0 Å². The number of ether oxygens (including phenoxy) is 1. The Labute approximate surface area is 166 Å². The monoisotopic (exact) mass is 389 g/mol. The molecule has 3 saturated heterocycles. The SMILES string of the molecule is CCn1cc(C(=O)N2CCC(N3C(=O)N(C)CC34CCOCC4)CC2)c(C)n1. The molecule has 4 heterocycles. The molecule has 154 valence electrons. The van der Waals surface area contributed by atoms with Gasteiger partial charge in [-0.3, -0.25) is 9.48 Å². The third-order valence-electron chi connectivity index (χ3n) is 6.62. The van der Waals surface area contributed by atoms with Gasteiger partial charge < -0.3 is 19.4 Å². The lowest BCUT2D eigenvalue weighted by Gasteiger charge is -2.46. The van der Waals surface area contributed by atoms with Crippen molar-refractivity contribution in [2.75, 3.05) is 39.9 Å². The van der Waals surface area contributed by atoms with E-state index in [4.69, 9.17) is 4.74 Å². The minimum Gasteiger partial charge on any atom is -0.381 e. The molecule has 8 nitrogen and oxygen atoms in total. The number of piperidine rings is 1. The van der Waals surface area contributed by atoms with Gasteiger partial charge in [-0.05, 0) is 39.5 Å². The van der Waals surface area contributed by atoms with Crippen molar-refractivity contribution in [3.63, 3.8) is 0 Å². The molecule has 28 heavy (non-hydrogen) atoms. The van der Waals surface area contributed by atoms with Gasteiger partial charge in [-0.15, -0.1) is 0 Å². The van der Waals surface area contributed by atoms with Gasteiger partial charge in [0.1, 0.15) is 0 Å². The number of nitrogens with zero attached hydrogens (tertiary/aromatic N) is 5. The maximum atomic E-state index is 13.0. The maximum Gasteiger partial charge on any atom is 0.320 e. The molecule has 4 rings (SSSR count). The molecule has 1 spiro atoms. The number of hydrogen-bond donors (Lipinski definition) is 0. The van der Waals surface area contributed by atoms with E-state index in [9.17, 15) is 9.59 Å². The van der Waals surface area contributed by atoms with E-state index in [1.165, 1.54) is 0 Å². The Balaban J connectivity index is 1.45. The van der Waals surface area contributed by atoms with Gasteiger partial charge in [-0.1, -0.05) is 0 Å². The third kappa shape index (κ3) is 3.17. The van der Waals surface area contributed by atoms with Gasteiger partial charge in [0.15, 0.2) is 0 Å². The van der Waals surface area contributed by atoms with E-state index in [0.29, 0.717) is 18.7 Å². The molecule has 0 atom stereocenters. The minimum absolute atomic E-state index is 0.0568. The first-order chi connectivity index (χ1) is 13.4. The highest BCUT2D eigenvalue weighted by Crippen LogP contribution is 2.38. The van der Waals surface area contributed by atoms with Crippen LogP contribution in [0.3, 0.4) is 0 Å². The Morgan fingerprint density at radius 2 is 1.96 bits per heavy atom. The van der Waals surface area contributed by atoms with E-state index < -0.39 is 0 Å². The quantitative estimate of drug-likeness (QED) is 0.789. The average Bonchev–Trinajstić information content (AvgIpc) is 3.19. The Bertz CT molecular complexity index is 747. The van der Waals surface area contributed by atoms with Crippen LogP contribution in [-0.2, 0) is 11.3 Å². The number of likely N-dealkylation sites (tertiary alicyclic amines) is 1. The van der Waals surface area contributed by atoms with Gasteiger partial charge in [0, 0.05) is 58.7 Å². The summed E-state index contributed by atoms with van der Waals surface area (Å²) in [7, 11) is 1.90. The molecule has 1 aromatic rings. The van der Waals surface area contributed by atoms with E-state index in [1.54, 1.807) is 0 Å². The lowest BCUT2D eigenvalue weighted by atomic mass is 9.86. The summed E-state index contributed by atoms with van der Waals surface area (Å²) in [5.41, 5.74) is 1.38. The van der Waals surface area contributed by atoms with Crippen LogP contribution in [0, 0.1) is 6.92 Å². The van der Waals surface area contributed by atoms with Crippen molar-refractivity contribution in [3.05, 3.63) is 17.5 Å². The summed E-state index contributed by atoms with van der Waals surface area (Å²) in [5.74, 6) is 0.0568. The molecule has 3 aliphatic rings. The number of amides is 3. The number of rotatable bonds is 3. The Kier molecular flexibility index (Phi) is 5.07. The number of carbonyl (C=O) groups is 2. The van der Waals surface area contributed by atoms with E-state index >= 15 is 0 Å². The summed E-state index contributed by atoms with van der Waals surface area (Å²) in [4.78, 5) is 31.8. The van der Waals surface area contributed by atoms with Gasteiger partial charge in [0.05, 0.1) is 16.8 Å². The topological polar surface area (TPSA) is 70.9 Å². The summed E-state index contributed by atoms with van der Waals surface area (Å²) >= 11 is 0. The van der Waals surface area contributed by atoms with Crippen LogP contribution in [-0.4, -0.2) is 87.9 Å². The molecule has 0 unspecified atom stereocenters. The van der Waals surface area contributed by atoms with Crippen molar-refractivity contribution < 1.29 is 14.3 Å². The van der Waals surface area contributed by atoms with Crippen LogP contribution in [0.15, 0.2) is 6.20 Å². The highest BCUT2D eigenvalue weighted by Gasteiger charge is 2.52. The summed E-state index contributed by atoms with van der Waals surface area (Å²) in [5, 5.41) is 4.40. The van der Waals surface area contributed by atoms with Crippen LogP contribution >= 0.6 is 0 Å². The summed E-state index contributed by atoms with van der Waals surface area (Å²) in [6.45, 7) is 8.24. The van der Waals surface area contributed by atoms with Gasteiger partial charge in [-0.2, -0.15) is 5.10 Å². The molecule has 0 radical (unpaired) electrons. The number of carbonyl (C=O) groups excluding carboxylic acids is 2. The predicted molar refractivity (Wildman–Crippen MR) is 104 cm³/mol. The summed E-state index contributed by atoms with van der Waals surface area (Å²) < 4.78 is 7.37. The van der Waals surface area contributed by atoms with E-state index in [0.717, 1.165) is 57.7 Å². The van der Waals surface area contributed by atoms with Crippen LogP contribution in [0.25, 0.3) is 0 Å². The van der Waals surface area contributed by atoms with Crippen LogP contribution in [0.5, 0.6) is 0 Å². The molecule has 0 bridgehead atoms. The van der Waals surface area contributed by atoms with Crippen molar-refractivity contribution >= 4 is 11.9 Å². The zero-order chi connectivity index (χ0) is 19.9. The fourth-order valence-corrected chi connectivity index (χ4v) is 5.05. The Morgan fingerprint density at radius 3 is 2.57 bits per heavy atom. The molecule has 8 heteroatoms. The fourth-order valence-electron chi connectivity index (χ4n) is 5.05. The molecule has 3 fully saturated rings. The first-order valence-corrected chi connectivity index (χ1v) is 10.4. The smallest absolute Gasteiger partial charge is 0.320 e. The van der Waals surface area contributed by atoms with Crippen LogP contribution < -0.4 is 0 Å². The Morgan fingerprint density at radius 1 is 1.29 bits per heavy atom. The fraction of sp³-hybridized carbons (Fsp3) is 0.750. The number of urea groups is 1. The van der Waals surface area contributed by atoms with E-state index in [2.05, 4.69) is 10.00 Å². The highest BCUT2D eigenvalue weighted by molar-refractivity contribution is 5.95. The molecule has 3 aliphatic heterocycles. The standard InChI is InChI=1S/C20H31N5O3/c1-4-24-13-17(15(2)21-24)18(26)23-9-5-16(6-10-23)25-19(27)22(3)14-20(25)7-11-28-12-8-20/h13,16H,4-12,14H2,1-3H3. The number of hydrogen-bond acceptors (Lipinski definition) is 4. The summed E-state index contributed by atoms with van der Waals surface area (Å²) in [6, 6.07) is 0.325. The molecule has 0 N–H and O–H groups in total. The van der Waals surface area contributed by atoms with Crippen LogP contribution in [0.2, 0.25) is 0 Å². The Hall–Kier alpha value is -2.09. The number of likely N-dealkylation sites (N-methyl/N-ethyl adjacent to an activating group) is 1. The number of aromatic nitrogens is 2. The zero-order valence-electron chi connectivity index (χ0n) is 17.2.